The zero-order chi connectivity index (χ0) is 13.9. The fourth-order valence-electron chi connectivity index (χ4n) is 2.17. The Morgan fingerprint density at radius 1 is 1.45 bits per heavy atom. The van der Waals surface area contributed by atoms with E-state index in [1.807, 2.05) is 12.1 Å². The predicted octanol–water partition coefficient (Wildman–Crippen LogP) is 2.83. The average molecular weight is 265 g/mol. The Labute approximate surface area is 115 Å². The van der Waals surface area contributed by atoms with Crippen molar-refractivity contribution in [2.75, 3.05) is 0 Å². The normalized spacial score (nSPS) is 17.1. The fourth-order valence-corrected chi connectivity index (χ4v) is 2.17. The second-order valence-electron chi connectivity index (χ2n) is 4.35. The third kappa shape index (κ3) is 2.06. The molecule has 0 saturated heterocycles. The van der Waals surface area contributed by atoms with Crippen molar-refractivity contribution in [2.24, 2.45) is 5.10 Å². The van der Waals surface area contributed by atoms with E-state index in [4.69, 9.17) is 6.57 Å². The lowest BCUT2D eigenvalue weighted by Gasteiger charge is -2.22. The van der Waals surface area contributed by atoms with Gasteiger partial charge in [0, 0.05) is 25.0 Å². The molecule has 0 radical (unpaired) electrons. The van der Waals surface area contributed by atoms with Crippen molar-refractivity contribution in [1.29, 1.82) is 0 Å². The topological polar surface area (TPSA) is 54.9 Å². The van der Waals surface area contributed by atoms with Crippen LogP contribution in [0.2, 0.25) is 0 Å². The van der Waals surface area contributed by atoms with E-state index in [1.54, 1.807) is 30.7 Å². The highest BCUT2D eigenvalue weighted by molar-refractivity contribution is 5.80. The number of benzene rings is 1. The Morgan fingerprint density at radius 2 is 2.35 bits per heavy atom. The third-order valence-corrected chi connectivity index (χ3v) is 3.14. The van der Waals surface area contributed by atoms with Gasteiger partial charge in [-0.15, -0.1) is 0 Å². The second-order valence-corrected chi connectivity index (χ2v) is 4.35. The van der Waals surface area contributed by atoms with Gasteiger partial charge in [-0.05, 0) is 5.56 Å². The molecule has 1 aromatic carbocycles. The van der Waals surface area contributed by atoms with Crippen LogP contribution in [0.4, 0.5) is 10.5 Å². The molecule has 1 aliphatic rings. The molecule has 0 aliphatic carbocycles. The summed E-state index contributed by atoms with van der Waals surface area (Å²) in [5.41, 5.74) is 1.47. The van der Waals surface area contributed by atoms with Crippen LogP contribution >= 0.6 is 0 Å². The SMILES string of the molecule is [C-]#[N+]c1cccc([C@@H]2CC=NN2C(=O)n2ccnc2)c1. The van der Waals surface area contributed by atoms with E-state index in [9.17, 15) is 4.79 Å². The van der Waals surface area contributed by atoms with Crippen molar-refractivity contribution in [3.05, 3.63) is 60.0 Å². The van der Waals surface area contributed by atoms with Gasteiger partial charge >= 0.3 is 6.03 Å². The summed E-state index contributed by atoms with van der Waals surface area (Å²) >= 11 is 0. The molecule has 3 rings (SSSR count). The largest absolute Gasteiger partial charge is 0.350 e. The van der Waals surface area contributed by atoms with E-state index < -0.39 is 0 Å². The van der Waals surface area contributed by atoms with E-state index in [2.05, 4.69) is 14.9 Å². The molecule has 0 unspecified atom stereocenters. The Morgan fingerprint density at radius 3 is 3.10 bits per heavy atom. The van der Waals surface area contributed by atoms with Gasteiger partial charge in [-0.3, -0.25) is 4.57 Å². The Bertz CT molecular complexity index is 699. The number of carbonyl (C=O) groups excluding carboxylic acids is 1. The highest BCUT2D eigenvalue weighted by atomic mass is 16.2. The molecular formula is C14H11N5O. The maximum Gasteiger partial charge on any atom is 0.350 e. The summed E-state index contributed by atoms with van der Waals surface area (Å²) in [6, 6.07) is 6.83. The van der Waals surface area contributed by atoms with Gasteiger partial charge in [-0.2, -0.15) is 5.10 Å². The van der Waals surface area contributed by atoms with Crippen molar-refractivity contribution < 1.29 is 4.79 Å². The average Bonchev–Trinajstić information content (AvgIpc) is 3.17. The minimum Gasteiger partial charge on any atom is -0.257 e. The van der Waals surface area contributed by atoms with Crippen LogP contribution in [-0.2, 0) is 0 Å². The van der Waals surface area contributed by atoms with E-state index >= 15 is 0 Å². The highest BCUT2D eigenvalue weighted by Crippen LogP contribution is 2.30. The van der Waals surface area contributed by atoms with Crippen LogP contribution < -0.4 is 0 Å². The van der Waals surface area contributed by atoms with Crippen LogP contribution in [-0.4, -0.2) is 26.8 Å². The summed E-state index contributed by atoms with van der Waals surface area (Å²) in [6.45, 7) is 7.06. The first kappa shape index (κ1) is 12.1. The van der Waals surface area contributed by atoms with Gasteiger partial charge in [-0.1, -0.05) is 24.3 Å². The second kappa shape index (κ2) is 4.97. The summed E-state index contributed by atoms with van der Waals surface area (Å²) in [5, 5.41) is 5.56. The molecule has 0 bridgehead atoms. The van der Waals surface area contributed by atoms with Gasteiger partial charge in [0.05, 0.1) is 12.6 Å². The maximum atomic E-state index is 12.3. The van der Waals surface area contributed by atoms with Gasteiger partial charge in [0.15, 0.2) is 5.69 Å². The van der Waals surface area contributed by atoms with Crippen molar-refractivity contribution in [1.82, 2.24) is 14.6 Å². The van der Waals surface area contributed by atoms with Gasteiger partial charge in [0.2, 0.25) is 0 Å². The molecule has 20 heavy (non-hydrogen) atoms. The summed E-state index contributed by atoms with van der Waals surface area (Å²) < 4.78 is 1.38. The molecule has 0 saturated carbocycles. The molecule has 0 N–H and O–H groups in total. The van der Waals surface area contributed by atoms with Gasteiger partial charge < -0.3 is 0 Å². The maximum absolute atomic E-state index is 12.3. The van der Waals surface area contributed by atoms with Crippen LogP contribution in [0.1, 0.15) is 18.0 Å². The number of hydrogen-bond acceptors (Lipinski definition) is 3. The molecule has 1 aliphatic heterocycles. The number of aromatic nitrogens is 2. The molecule has 2 aromatic rings. The number of rotatable bonds is 1. The molecule has 6 heteroatoms. The van der Waals surface area contributed by atoms with Gasteiger partial charge in [-0.25, -0.2) is 19.6 Å². The summed E-state index contributed by atoms with van der Waals surface area (Å²) in [6.07, 6.45) is 6.93. The molecule has 2 heterocycles. The van der Waals surface area contributed by atoms with Crippen LogP contribution in [0.25, 0.3) is 4.85 Å². The van der Waals surface area contributed by atoms with Crippen LogP contribution in [0.5, 0.6) is 0 Å². The lowest BCUT2D eigenvalue weighted by atomic mass is 10.0. The Kier molecular flexibility index (Phi) is 3.01. The lowest BCUT2D eigenvalue weighted by Crippen LogP contribution is -2.30. The van der Waals surface area contributed by atoms with Crippen molar-refractivity contribution in [3.63, 3.8) is 0 Å². The third-order valence-electron chi connectivity index (χ3n) is 3.14. The van der Waals surface area contributed by atoms with Gasteiger partial charge in [0.1, 0.15) is 6.33 Å². The van der Waals surface area contributed by atoms with Crippen LogP contribution in [0.15, 0.2) is 48.1 Å². The van der Waals surface area contributed by atoms with E-state index in [-0.39, 0.29) is 12.1 Å². The molecule has 0 spiro atoms. The predicted molar refractivity (Wildman–Crippen MR) is 73.4 cm³/mol. The minimum absolute atomic E-state index is 0.174. The van der Waals surface area contributed by atoms with Crippen LogP contribution in [0.3, 0.4) is 0 Å². The molecule has 6 nitrogen and oxygen atoms in total. The number of nitrogens with zero attached hydrogens (tertiary/aromatic N) is 5. The van der Waals surface area contributed by atoms with E-state index in [0.29, 0.717) is 12.1 Å². The summed E-state index contributed by atoms with van der Waals surface area (Å²) in [7, 11) is 0. The highest BCUT2D eigenvalue weighted by Gasteiger charge is 2.29. The van der Waals surface area contributed by atoms with Crippen LogP contribution in [0, 0.1) is 6.57 Å². The van der Waals surface area contributed by atoms with Crippen molar-refractivity contribution in [2.45, 2.75) is 12.5 Å². The lowest BCUT2D eigenvalue weighted by molar-refractivity contribution is 0.188. The molecule has 1 atom stereocenters. The molecule has 1 aromatic heterocycles. The molecule has 98 valence electrons. The smallest absolute Gasteiger partial charge is 0.257 e. The minimum atomic E-state index is -0.255. The number of hydrazone groups is 1. The standard InChI is InChI=1S/C14H11N5O/c1-15-12-4-2-3-11(9-12)13-5-6-17-19(13)14(20)18-8-7-16-10-18/h2-4,6-10,13H,5H2/t13-/m0/s1. The first-order valence-electron chi connectivity index (χ1n) is 6.11. The monoisotopic (exact) mass is 265 g/mol. The van der Waals surface area contributed by atoms with Crippen molar-refractivity contribution in [3.8, 4) is 0 Å². The number of imidazole rings is 1. The summed E-state index contributed by atoms with van der Waals surface area (Å²) in [4.78, 5) is 19.6. The first-order valence-corrected chi connectivity index (χ1v) is 6.11. The first-order chi connectivity index (χ1) is 9.79. The zero-order valence-corrected chi connectivity index (χ0v) is 10.5. The summed E-state index contributed by atoms with van der Waals surface area (Å²) in [5.74, 6) is 0. The quantitative estimate of drug-likeness (QED) is 0.744. The molecule has 1 amide bonds. The Balaban J connectivity index is 1.90. The van der Waals surface area contributed by atoms with Crippen molar-refractivity contribution >= 4 is 17.9 Å². The number of amides is 1. The fraction of sp³-hybridized carbons (Fsp3) is 0.143. The van der Waals surface area contributed by atoms with Gasteiger partial charge in [0.25, 0.3) is 0 Å². The van der Waals surface area contributed by atoms with E-state index in [1.165, 1.54) is 15.9 Å². The van der Waals surface area contributed by atoms with E-state index in [0.717, 1.165) is 5.56 Å². The molecular weight excluding hydrogens is 254 g/mol. The number of hydrogen-bond donors (Lipinski definition) is 0. The Hall–Kier alpha value is -2.94. The molecule has 0 fully saturated rings. The number of carbonyl (C=O) groups is 1. The zero-order valence-electron chi connectivity index (χ0n) is 10.5.